The molecule has 104 valence electrons. The fourth-order valence-corrected chi connectivity index (χ4v) is 6.74. The van der Waals surface area contributed by atoms with Gasteiger partial charge in [-0.05, 0) is 12.5 Å². The zero-order valence-corrected chi connectivity index (χ0v) is 13.9. The molecule has 0 amide bonds. The van der Waals surface area contributed by atoms with E-state index in [2.05, 4.69) is 6.58 Å². The Morgan fingerprint density at radius 3 is 2.44 bits per heavy atom. The van der Waals surface area contributed by atoms with Crippen LogP contribution in [0.15, 0.2) is 12.2 Å². The molecule has 1 heterocycles. The van der Waals surface area contributed by atoms with Gasteiger partial charge in [-0.15, -0.1) is 0 Å². The van der Waals surface area contributed by atoms with Crippen molar-refractivity contribution in [3.05, 3.63) is 12.2 Å². The van der Waals surface area contributed by atoms with Crippen LogP contribution in [0.5, 0.6) is 0 Å². The Morgan fingerprint density at radius 2 is 1.94 bits per heavy atom. The fraction of sp³-hybridized carbons (Fsp3) is 0.750. The summed E-state index contributed by atoms with van der Waals surface area (Å²) in [5.41, 5.74) is 0.645. The normalized spacial score (nSPS) is 23.9. The second-order valence-electron chi connectivity index (χ2n) is 4.09. The van der Waals surface area contributed by atoms with Crippen LogP contribution in [0, 0.1) is 0 Å². The minimum atomic E-state index is 0.126. The average Bonchev–Trinajstić information content (AvgIpc) is 2.37. The highest BCUT2D eigenvalue weighted by Crippen LogP contribution is 2.33. The molecule has 0 spiro atoms. The highest BCUT2D eigenvalue weighted by atomic mass is 32.2. The molecule has 2 unspecified atom stereocenters. The number of thioether (sulfide) groups is 4. The summed E-state index contributed by atoms with van der Waals surface area (Å²) in [6.07, 6.45) is 0. The zero-order valence-electron chi connectivity index (χ0n) is 10.6. The van der Waals surface area contributed by atoms with Crippen LogP contribution in [0.25, 0.3) is 0 Å². The molecule has 1 fully saturated rings. The lowest BCUT2D eigenvalue weighted by atomic mass is 10.4. The van der Waals surface area contributed by atoms with E-state index in [1.807, 2.05) is 35.3 Å². The summed E-state index contributed by atoms with van der Waals surface area (Å²) >= 11 is 7.23. The molecule has 2 nitrogen and oxygen atoms in total. The molecule has 0 aliphatic carbocycles. The fourth-order valence-electron chi connectivity index (χ4n) is 1.35. The summed E-state index contributed by atoms with van der Waals surface area (Å²) in [5.74, 6) is 5.16. The van der Waals surface area contributed by atoms with Crippen molar-refractivity contribution in [3.8, 4) is 0 Å². The van der Waals surface area contributed by atoms with Crippen molar-refractivity contribution in [1.82, 2.24) is 0 Å². The summed E-state index contributed by atoms with van der Waals surface area (Å²) in [6.45, 7) is 5.71. The number of rotatable bonds is 7. The van der Waals surface area contributed by atoms with Gasteiger partial charge in [0, 0.05) is 39.3 Å². The molecule has 2 atom stereocenters. The van der Waals surface area contributed by atoms with E-state index in [-0.39, 0.29) is 11.7 Å². The molecule has 1 aliphatic heterocycles. The van der Waals surface area contributed by atoms with Crippen LogP contribution in [-0.4, -0.2) is 56.1 Å². The van der Waals surface area contributed by atoms with E-state index in [0.717, 1.165) is 28.8 Å². The molecule has 1 N–H and O–H groups in total. The van der Waals surface area contributed by atoms with E-state index in [0.29, 0.717) is 16.1 Å². The summed E-state index contributed by atoms with van der Waals surface area (Å²) in [5, 5.41) is 10.1. The van der Waals surface area contributed by atoms with Gasteiger partial charge in [-0.2, -0.15) is 35.3 Å². The van der Waals surface area contributed by atoms with Crippen molar-refractivity contribution >= 4 is 52.2 Å². The molecule has 1 rings (SSSR count). The maximum Gasteiger partial charge on any atom is 0.214 e. The van der Waals surface area contributed by atoms with E-state index in [4.69, 9.17) is 5.11 Å². The SMILES string of the molecule is C=C(C)C(=O)SCC1CSC(CSCCO)CS1. The monoisotopic (exact) mass is 324 g/mol. The molecule has 0 radical (unpaired) electrons. The molecule has 1 saturated heterocycles. The molecular weight excluding hydrogens is 304 g/mol. The minimum absolute atomic E-state index is 0.126. The first-order valence-electron chi connectivity index (χ1n) is 5.88. The van der Waals surface area contributed by atoms with Crippen molar-refractivity contribution in [3.63, 3.8) is 0 Å². The average molecular weight is 325 g/mol. The van der Waals surface area contributed by atoms with Gasteiger partial charge in [-0.3, -0.25) is 4.79 Å². The molecule has 0 saturated carbocycles. The van der Waals surface area contributed by atoms with Crippen LogP contribution in [0.3, 0.4) is 0 Å². The van der Waals surface area contributed by atoms with Gasteiger partial charge in [0.05, 0.1) is 6.61 Å². The summed E-state index contributed by atoms with van der Waals surface area (Å²) in [6, 6.07) is 0. The maximum absolute atomic E-state index is 11.4. The second-order valence-corrected chi connectivity index (χ2v) is 8.90. The number of aliphatic hydroxyl groups excluding tert-OH is 1. The van der Waals surface area contributed by atoms with E-state index in [1.165, 1.54) is 11.8 Å². The number of carbonyl (C=O) groups excluding carboxylic acids is 1. The molecule has 6 heteroatoms. The minimum Gasteiger partial charge on any atom is -0.396 e. The lowest BCUT2D eigenvalue weighted by Gasteiger charge is -2.27. The van der Waals surface area contributed by atoms with Gasteiger partial charge in [0.25, 0.3) is 0 Å². The third kappa shape index (κ3) is 6.80. The van der Waals surface area contributed by atoms with Gasteiger partial charge in [-0.25, -0.2) is 0 Å². The first-order valence-corrected chi connectivity index (χ1v) is 10.1. The van der Waals surface area contributed by atoms with Crippen LogP contribution < -0.4 is 0 Å². The Morgan fingerprint density at radius 1 is 1.33 bits per heavy atom. The topological polar surface area (TPSA) is 37.3 Å². The molecule has 1 aliphatic rings. The lowest BCUT2D eigenvalue weighted by molar-refractivity contribution is -0.107. The third-order valence-electron chi connectivity index (χ3n) is 2.32. The van der Waals surface area contributed by atoms with Crippen molar-refractivity contribution in [2.75, 3.05) is 35.4 Å². The van der Waals surface area contributed by atoms with E-state index in [9.17, 15) is 4.79 Å². The Hall–Kier alpha value is 0.770. The highest BCUT2D eigenvalue weighted by molar-refractivity contribution is 8.15. The van der Waals surface area contributed by atoms with Crippen LogP contribution in [0.4, 0.5) is 0 Å². The molecule has 0 aromatic rings. The predicted octanol–water partition coefficient (Wildman–Crippen LogP) is 2.77. The number of hydrogen-bond donors (Lipinski definition) is 1. The highest BCUT2D eigenvalue weighted by Gasteiger charge is 2.22. The number of carbonyl (C=O) groups is 1. The van der Waals surface area contributed by atoms with Crippen LogP contribution >= 0.6 is 47.0 Å². The quantitative estimate of drug-likeness (QED) is 0.573. The van der Waals surface area contributed by atoms with Crippen LogP contribution in [-0.2, 0) is 4.79 Å². The first-order chi connectivity index (χ1) is 8.63. The van der Waals surface area contributed by atoms with E-state index >= 15 is 0 Å². The Kier molecular flexibility index (Phi) is 9.01. The number of hydrogen-bond acceptors (Lipinski definition) is 6. The lowest BCUT2D eigenvalue weighted by Crippen LogP contribution is -2.25. The van der Waals surface area contributed by atoms with Crippen molar-refractivity contribution in [2.24, 2.45) is 0 Å². The van der Waals surface area contributed by atoms with Gasteiger partial charge in [0.1, 0.15) is 0 Å². The number of aliphatic hydroxyl groups is 1. The van der Waals surface area contributed by atoms with E-state index in [1.54, 1.807) is 6.92 Å². The van der Waals surface area contributed by atoms with Crippen LogP contribution in [0.1, 0.15) is 6.92 Å². The Labute approximate surface area is 127 Å². The smallest absolute Gasteiger partial charge is 0.214 e. The standard InChI is InChI=1S/C12H20O2S4/c1-9(2)12(14)18-8-11-7-16-10(6-17-11)5-15-4-3-13/h10-11,13H,1,3-8H2,2H3. The Bertz CT molecular complexity index is 275. The van der Waals surface area contributed by atoms with Crippen molar-refractivity contribution < 1.29 is 9.90 Å². The van der Waals surface area contributed by atoms with Gasteiger partial charge >= 0.3 is 0 Å². The predicted molar refractivity (Wildman–Crippen MR) is 89.2 cm³/mol. The molecular formula is C12H20O2S4. The molecule has 0 aromatic carbocycles. The summed E-state index contributed by atoms with van der Waals surface area (Å²) in [7, 11) is 0. The van der Waals surface area contributed by atoms with Crippen molar-refractivity contribution in [2.45, 2.75) is 17.4 Å². The Balaban J connectivity index is 2.11. The van der Waals surface area contributed by atoms with Gasteiger partial charge in [0.2, 0.25) is 5.12 Å². The molecule has 0 aromatic heterocycles. The summed E-state index contributed by atoms with van der Waals surface area (Å²) in [4.78, 5) is 11.4. The molecule has 0 bridgehead atoms. The van der Waals surface area contributed by atoms with Crippen LogP contribution in [0.2, 0.25) is 0 Å². The largest absolute Gasteiger partial charge is 0.396 e. The second kappa shape index (κ2) is 9.64. The van der Waals surface area contributed by atoms with Gasteiger partial charge in [-0.1, -0.05) is 18.3 Å². The summed E-state index contributed by atoms with van der Waals surface area (Å²) < 4.78 is 0. The maximum atomic E-state index is 11.4. The van der Waals surface area contributed by atoms with Crippen molar-refractivity contribution in [1.29, 1.82) is 0 Å². The third-order valence-corrected chi connectivity index (χ3v) is 8.26. The molecule has 18 heavy (non-hydrogen) atoms. The first kappa shape index (κ1) is 16.8. The van der Waals surface area contributed by atoms with E-state index < -0.39 is 0 Å². The van der Waals surface area contributed by atoms with Gasteiger partial charge < -0.3 is 5.11 Å². The zero-order chi connectivity index (χ0) is 13.4. The van der Waals surface area contributed by atoms with Gasteiger partial charge in [0.15, 0.2) is 0 Å².